The molecule has 0 spiro atoms. The molecule has 0 saturated carbocycles. The zero-order valence-corrected chi connectivity index (χ0v) is 18.3. The maximum Gasteiger partial charge on any atom is 0.501 e. The van der Waals surface area contributed by atoms with Crippen molar-refractivity contribution in [3.05, 3.63) is 57.2 Å². The lowest BCUT2D eigenvalue weighted by molar-refractivity contribution is -0.348. The molecule has 4 nitrogen and oxygen atoms in total. The van der Waals surface area contributed by atoms with Gasteiger partial charge in [0.2, 0.25) is 0 Å². The van der Waals surface area contributed by atoms with E-state index in [0.29, 0.717) is 0 Å². The number of hydrogen-bond donors (Lipinski definition) is 1. The highest BCUT2D eigenvalue weighted by molar-refractivity contribution is 14.1. The molecule has 0 unspecified atom stereocenters. The summed E-state index contributed by atoms with van der Waals surface area (Å²) in [6.07, 6.45) is -13.4. The van der Waals surface area contributed by atoms with Crippen molar-refractivity contribution < 1.29 is 57.1 Å². The van der Waals surface area contributed by atoms with Crippen LogP contribution in [0.5, 0.6) is 0 Å². The molecule has 2 aromatic carbocycles. The SMILES string of the molecule is O=C(Nc1c(I)cc(C(F)(C(F)(F)F)C(F)(F)F)cc1S(=O)(=O)C(F)(F)F)c1ccccc1. The maximum absolute atomic E-state index is 14.4. The molecule has 0 aliphatic rings. The van der Waals surface area contributed by atoms with E-state index in [0.717, 1.165) is 34.7 Å². The first-order chi connectivity index (χ1) is 14.7. The van der Waals surface area contributed by atoms with Crippen LogP contribution in [0.15, 0.2) is 47.4 Å². The van der Waals surface area contributed by atoms with Gasteiger partial charge in [0, 0.05) is 14.7 Å². The van der Waals surface area contributed by atoms with Crippen LogP contribution < -0.4 is 5.32 Å². The van der Waals surface area contributed by atoms with E-state index in [9.17, 15) is 57.1 Å². The van der Waals surface area contributed by atoms with Gasteiger partial charge in [0.15, 0.2) is 0 Å². The topological polar surface area (TPSA) is 63.2 Å². The average Bonchev–Trinajstić information content (AvgIpc) is 2.66. The Hall–Kier alpha value is -2.11. The Bertz CT molecular complexity index is 1140. The highest BCUT2D eigenvalue weighted by atomic mass is 127. The van der Waals surface area contributed by atoms with Crippen molar-refractivity contribution in [2.75, 3.05) is 5.32 Å². The van der Waals surface area contributed by atoms with Gasteiger partial charge < -0.3 is 5.32 Å². The number of sulfone groups is 1. The molecule has 0 saturated heterocycles. The van der Waals surface area contributed by atoms with Crippen molar-refractivity contribution in [1.29, 1.82) is 0 Å². The molecule has 0 fully saturated rings. The third-order valence-electron chi connectivity index (χ3n) is 4.10. The standard InChI is InChI=1S/C17H8F10INO3S/c18-14(15(19,20)21,16(22,23)24)9-6-10(28)12(11(7-9)33(31,32)17(25,26)27)29-13(30)8-4-2-1-3-5-8/h1-7H,(H,29,30). The zero-order chi connectivity index (χ0) is 25.6. The van der Waals surface area contributed by atoms with Gasteiger partial charge in [-0.2, -0.15) is 39.5 Å². The van der Waals surface area contributed by atoms with Crippen LogP contribution in [0.2, 0.25) is 0 Å². The molecular formula is C17H8F10INO3S. The predicted molar refractivity (Wildman–Crippen MR) is 102 cm³/mol. The minimum atomic E-state index is -6.72. The Morgan fingerprint density at radius 3 is 1.73 bits per heavy atom. The first kappa shape index (κ1) is 27.1. The van der Waals surface area contributed by atoms with Crippen molar-refractivity contribution in [2.45, 2.75) is 28.4 Å². The Labute approximate surface area is 192 Å². The first-order valence-corrected chi connectivity index (χ1v) is 10.7. The number of nitrogens with one attached hydrogen (secondary N) is 1. The summed E-state index contributed by atoms with van der Waals surface area (Å²) in [6.45, 7) is 0. The summed E-state index contributed by atoms with van der Waals surface area (Å²) in [5.74, 6) is -1.24. The van der Waals surface area contributed by atoms with Crippen LogP contribution >= 0.6 is 22.6 Å². The van der Waals surface area contributed by atoms with E-state index in [4.69, 9.17) is 0 Å². The van der Waals surface area contributed by atoms with Gasteiger partial charge in [-0.25, -0.2) is 12.8 Å². The summed E-state index contributed by atoms with van der Waals surface area (Å²) >= 11 is 0.881. The van der Waals surface area contributed by atoms with Crippen LogP contribution in [0.25, 0.3) is 0 Å². The molecule has 16 heteroatoms. The predicted octanol–water partition coefficient (Wildman–Crippen LogP) is 6.13. The number of rotatable bonds is 4. The number of amides is 1. The van der Waals surface area contributed by atoms with Crippen LogP contribution in [-0.2, 0) is 15.5 Å². The van der Waals surface area contributed by atoms with E-state index >= 15 is 0 Å². The number of carbonyl (C=O) groups excluding carboxylic acids is 1. The number of alkyl halides is 10. The van der Waals surface area contributed by atoms with E-state index < -0.39 is 65.1 Å². The maximum atomic E-state index is 14.4. The lowest BCUT2D eigenvalue weighted by Gasteiger charge is -2.31. The Morgan fingerprint density at radius 2 is 1.30 bits per heavy atom. The molecule has 0 aliphatic carbocycles. The summed E-state index contributed by atoms with van der Waals surface area (Å²) in [5, 5.41) is 1.72. The summed E-state index contributed by atoms with van der Waals surface area (Å²) in [6, 6.07) is 5.41. The summed E-state index contributed by atoms with van der Waals surface area (Å²) < 4.78 is 155. The largest absolute Gasteiger partial charge is 0.501 e. The molecule has 33 heavy (non-hydrogen) atoms. The van der Waals surface area contributed by atoms with Crippen molar-refractivity contribution in [3.63, 3.8) is 0 Å². The molecule has 0 heterocycles. The normalized spacial score (nSPS) is 13.7. The number of benzene rings is 2. The van der Waals surface area contributed by atoms with Crippen LogP contribution in [0.3, 0.4) is 0 Å². The second-order valence-corrected chi connectivity index (χ2v) is 9.33. The lowest BCUT2D eigenvalue weighted by atomic mass is 9.94. The highest BCUT2D eigenvalue weighted by Crippen LogP contribution is 2.54. The number of anilines is 1. The molecule has 2 aromatic rings. The van der Waals surface area contributed by atoms with E-state index in [1.807, 2.05) is 0 Å². The molecule has 1 amide bonds. The minimum Gasteiger partial charge on any atom is -0.320 e. The third kappa shape index (κ3) is 4.90. The first-order valence-electron chi connectivity index (χ1n) is 8.09. The van der Waals surface area contributed by atoms with Gasteiger partial charge in [0.1, 0.15) is 4.90 Å². The number of hydrogen-bond acceptors (Lipinski definition) is 3. The van der Waals surface area contributed by atoms with Crippen LogP contribution in [0.4, 0.5) is 49.6 Å². The summed E-state index contributed by atoms with van der Waals surface area (Å²) in [7, 11) is -6.65. The van der Waals surface area contributed by atoms with E-state index in [-0.39, 0.29) is 11.6 Å². The number of halogens is 11. The molecular weight excluding hydrogens is 615 g/mol. The van der Waals surface area contributed by atoms with Gasteiger partial charge in [0.05, 0.1) is 5.69 Å². The molecule has 0 radical (unpaired) electrons. The van der Waals surface area contributed by atoms with Crippen molar-refractivity contribution in [2.24, 2.45) is 0 Å². The van der Waals surface area contributed by atoms with Gasteiger partial charge in [-0.3, -0.25) is 4.79 Å². The van der Waals surface area contributed by atoms with Gasteiger partial charge >= 0.3 is 23.5 Å². The zero-order valence-electron chi connectivity index (χ0n) is 15.3. The molecule has 182 valence electrons. The summed E-state index contributed by atoms with van der Waals surface area (Å²) in [4.78, 5) is 10.1. The van der Waals surface area contributed by atoms with E-state index in [2.05, 4.69) is 0 Å². The second kappa shape index (κ2) is 8.59. The molecule has 1 N–H and O–H groups in total. The van der Waals surface area contributed by atoms with Crippen LogP contribution in [0, 0.1) is 3.57 Å². The highest BCUT2D eigenvalue weighted by Gasteiger charge is 2.73. The van der Waals surface area contributed by atoms with Crippen molar-refractivity contribution >= 4 is 44.0 Å². The average molecular weight is 623 g/mol. The molecule has 0 aromatic heterocycles. The van der Waals surface area contributed by atoms with Gasteiger partial charge in [-0.1, -0.05) is 18.2 Å². The Morgan fingerprint density at radius 1 is 0.818 bits per heavy atom. The van der Waals surface area contributed by atoms with E-state index in [1.165, 1.54) is 18.2 Å². The fraction of sp³-hybridized carbons (Fsp3) is 0.235. The van der Waals surface area contributed by atoms with Crippen LogP contribution in [0.1, 0.15) is 15.9 Å². The smallest absolute Gasteiger partial charge is 0.320 e. The van der Waals surface area contributed by atoms with Crippen molar-refractivity contribution in [3.8, 4) is 0 Å². The quantitative estimate of drug-likeness (QED) is 0.330. The fourth-order valence-electron chi connectivity index (χ4n) is 2.50. The van der Waals surface area contributed by atoms with Gasteiger partial charge in [-0.05, 0) is 46.9 Å². The van der Waals surface area contributed by atoms with Gasteiger partial charge in [-0.15, -0.1) is 0 Å². The molecule has 0 atom stereocenters. The van der Waals surface area contributed by atoms with Crippen molar-refractivity contribution in [1.82, 2.24) is 0 Å². The molecule has 2 rings (SSSR count). The number of carbonyl (C=O) groups is 1. The monoisotopic (exact) mass is 623 g/mol. The lowest BCUT2D eigenvalue weighted by Crippen LogP contribution is -2.50. The molecule has 0 bridgehead atoms. The minimum absolute atomic E-state index is 0.155. The molecule has 0 aliphatic heterocycles. The Kier molecular flexibility index (Phi) is 7.06. The third-order valence-corrected chi connectivity index (χ3v) is 6.46. The van der Waals surface area contributed by atoms with Crippen LogP contribution in [-0.4, -0.2) is 32.2 Å². The summed E-state index contributed by atoms with van der Waals surface area (Å²) in [5.41, 5.74) is -16.4. The van der Waals surface area contributed by atoms with E-state index in [1.54, 1.807) is 5.32 Å². The fourth-order valence-corrected chi connectivity index (χ4v) is 4.41. The van der Waals surface area contributed by atoms with Gasteiger partial charge in [0.25, 0.3) is 15.7 Å². The second-order valence-electron chi connectivity index (χ2n) is 6.25. The Balaban J connectivity index is 2.87.